The summed E-state index contributed by atoms with van der Waals surface area (Å²) in [6, 6.07) is 6.36. The second-order valence-corrected chi connectivity index (χ2v) is 5.23. The molecule has 1 atom stereocenters. The molecule has 4 nitrogen and oxygen atoms in total. The van der Waals surface area contributed by atoms with Gasteiger partial charge in [-0.1, -0.05) is 6.07 Å². The van der Waals surface area contributed by atoms with Crippen LogP contribution in [-0.4, -0.2) is 24.5 Å². The molecule has 1 heterocycles. The molecule has 0 spiro atoms. The van der Waals surface area contributed by atoms with Gasteiger partial charge in [-0.2, -0.15) is 0 Å². The largest absolute Gasteiger partial charge is 0.454 e. The van der Waals surface area contributed by atoms with Crippen molar-refractivity contribution in [3.8, 4) is 11.5 Å². The zero-order valence-corrected chi connectivity index (χ0v) is 10.6. The summed E-state index contributed by atoms with van der Waals surface area (Å²) in [5.41, 5.74) is 1.21. The van der Waals surface area contributed by atoms with E-state index >= 15 is 0 Å². The number of benzene rings is 1. The normalized spacial score (nSPS) is 26.8. The zero-order chi connectivity index (χ0) is 12.5. The molecule has 18 heavy (non-hydrogen) atoms. The molecule has 2 aliphatic rings. The van der Waals surface area contributed by atoms with Crippen molar-refractivity contribution in [1.82, 2.24) is 5.32 Å². The van der Waals surface area contributed by atoms with Crippen LogP contribution in [0.2, 0.25) is 0 Å². The van der Waals surface area contributed by atoms with Crippen LogP contribution in [0.5, 0.6) is 11.5 Å². The number of hydrogen-bond acceptors (Lipinski definition) is 4. The van der Waals surface area contributed by atoms with Crippen molar-refractivity contribution < 1.29 is 14.6 Å². The van der Waals surface area contributed by atoms with E-state index < -0.39 is 0 Å². The highest BCUT2D eigenvalue weighted by molar-refractivity contribution is 5.45. The lowest BCUT2D eigenvalue weighted by molar-refractivity contribution is 0.0420. The van der Waals surface area contributed by atoms with Gasteiger partial charge in [0, 0.05) is 6.04 Å². The second-order valence-electron chi connectivity index (χ2n) is 5.23. The van der Waals surface area contributed by atoms with Gasteiger partial charge in [-0.05, 0) is 49.9 Å². The Bertz CT molecular complexity index is 429. The molecule has 98 valence electrons. The number of fused-ring (bicyclic) bond motifs is 1. The summed E-state index contributed by atoms with van der Waals surface area (Å²) in [4.78, 5) is 0. The van der Waals surface area contributed by atoms with Crippen LogP contribution in [0.4, 0.5) is 0 Å². The van der Waals surface area contributed by atoms with E-state index in [0.29, 0.717) is 12.7 Å². The monoisotopic (exact) mass is 249 g/mol. The van der Waals surface area contributed by atoms with Crippen LogP contribution in [-0.2, 0) is 0 Å². The Kier molecular flexibility index (Phi) is 3.14. The molecule has 0 radical (unpaired) electrons. The first-order chi connectivity index (χ1) is 8.72. The molecular weight excluding hydrogens is 230 g/mol. The molecule has 2 N–H and O–H groups in total. The summed E-state index contributed by atoms with van der Waals surface area (Å²) in [5, 5.41) is 12.8. The maximum absolute atomic E-state index is 9.25. The van der Waals surface area contributed by atoms with Gasteiger partial charge in [0.05, 0.1) is 6.10 Å². The summed E-state index contributed by atoms with van der Waals surface area (Å²) in [6.07, 6.45) is 1.79. The summed E-state index contributed by atoms with van der Waals surface area (Å²) in [6.45, 7) is 3.43. The molecule has 0 saturated heterocycles. The third-order valence-electron chi connectivity index (χ3n) is 3.82. The van der Waals surface area contributed by atoms with Crippen molar-refractivity contribution in [1.29, 1.82) is 0 Å². The molecule has 3 rings (SSSR count). The van der Waals surface area contributed by atoms with Crippen LogP contribution in [0.3, 0.4) is 0 Å². The maximum Gasteiger partial charge on any atom is 0.231 e. The van der Waals surface area contributed by atoms with Crippen molar-refractivity contribution in [3.05, 3.63) is 23.8 Å². The number of ether oxygens (including phenoxy) is 2. The minimum atomic E-state index is -0.0716. The molecule has 1 aliphatic heterocycles. The first-order valence-electron chi connectivity index (χ1n) is 6.53. The number of aliphatic hydroxyl groups excluding tert-OH is 1. The molecule has 1 saturated carbocycles. The van der Waals surface area contributed by atoms with Gasteiger partial charge in [0.1, 0.15) is 0 Å². The van der Waals surface area contributed by atoms with Crippen LogP contribution < -0.4 is 14.8 Å². The van der Waals surface area contributed by atoms with E-state index in [9.17, 15) is 5.11 Å². The average molecular weight is 249 g/mol. The van der Waals surface area contributed by atoms with Crippen LogP contribution in [0.1, 0.15) is 31.4 Å². The number of nitrogens with one attached hydrogen (secondary N) is 1. The van der Waals surface area contributed by atoms with Crippen molar-refractivity contribution in [2.24, 2.45) is 5.92 Å². The summed E-state index contributed by atoms with van der Waals surface area (Å²) in [5.74, 6) is 2.28. The van der Waals surface area contributed by atoms with E-state index in [1.165, 1.54) is 5.56 Å². The Labute approximate surface area is 107 Å². The Balaban J connectivity index is 1.57. The van der Waals surface area contributed by atoms with Crippen molar-refractivity contribution >= 4 is 0 Å². The lowest BCUT2D eigenvalue weighted by Gasteiger charge is -2.32. The van der Waals surface area contributed by atoms with Gasteiger partial charge in [-0.3, -0.25) is 0 Å². The number of aliphatic hydroxyl groups is 1. The van der Waals surface area contributed by atoms with Gasteiger partial charge >= 0.3 is 0 Å². The molecule has 0 amide bonds. The molecular formula is C14H19NO3. The minimum absolute atomic E-state index is 0.0716. The van der Waals surface area contributed by atoms with Crippen LogP contribution in [0, 0.1) is 5.92 Å². The quantitative estimate of drug-likeness (QED) is 0.855. The molecule has 1 aromatic rings. The first kappa shape index (κ1) is 11.8. The molecule has 0 bridgehead atoms. The highest BCUT2D eigenvalue weighted by Crippen LogP contribution is 2.34. The first-order valence-corrected chi connectivity index (χ1v) is 6.53. The van der Waals surface area contributed by atoms with Gasteiger partial charge < -0.3 is 19.9 Å². The topological polar surface area (TPSA) is 50.7 Å². The average Bonchev–Trinajstić information content (AvgIpc) is 2.79. The molecule has 1 aliphatic carbocycles. The smallest absolute Gasteiger partial charge is 0.231 e. The van der Waals surface area contributed by atoms with Crippen LogP contribution in [0.15, 0.2) is 18.2 Å². The highest BCUT2D eigenvalue weighted by Gasteiger charge is 2.27. The van der Waals surface area contributed by atoms with E-state index in [1.807, 2.05) is 12.1 Å². The molecule has 1 unspecified atom stereocenters. The van der Waals surface area contributed by atoms with Gasteiger partial charge in [0.25, 0.3) is 0 Å². The third kappa shape index (κ3) is 2.31. The zero-order valence-electron chi connectivity index (χ0n) is 10.6. The van der Waals surface area contributed by atoms with E-state index in [4.69, 9.17) is 9.47 Å². The van der Waals surface area contributed by atoms with Crippen molar-refractivity contribution in [2.75, 3.05) is 13.3 Å². The van der Waals surface area contributed by atoms with Crippen molar-refractivity contribution in [2.45, 2.75) is 31.9 Å². The van der Waals surface area contributed by atoms with Crippen molar-refractivity contribution in [3.63, 3.8) is 0 Å². The molecule has 4 heteroatoms. The third-order valence-corrected chi connectivity index (χ3v) is 3.82. The van der Waals surface area contributed by atoms with Gasteiger partial charge in [0.2, 0.25) is 6.79 Å². The SMILES string of the molecule is CC(NCC1CC(O)C1)c1ccc2c(c1)OCO2. The standard InChI is InChI=1S/C14H19NO3/c1-9(15-7-10-4-12(16)5-10)11-2-3-13-14(6-11)18-8-17-13/h2-3,6,9-10,12,15-16H,4-5,7-8H2,1H3. The predicted octanol–water partition coefficient (Wildman–Crippen LogP) is 1.84. The summed E-state index contributed by atoms with van der Waals surface area (Å²) >= 11 is 0. The van der Waals surface area contributed by atoms with Crippen LogP contribution >= 0.6 is 0 Å². The fourth-order valence-corrected chi connectivity index (χ4v) is 2.51. The second kappa shape index (κ2) is 4.78. The fourth-order valence-electron chi connectivity index (χ4n) is 2.51. The lowest BCUT2D eigenvalue weighted by Crippen LogP contribution is -2.36. The highest BCUT2D eigenvalue weighted by atomic mass is 16.7. The van der Waals surface area contributed by atoms with Gasteiger partial charge in [-0.25, -0.2) is 0 Å². The Morgan fingerprint density at radius 2 is 2.11 bits per heavy atom. The predicted molar refractivity (Wildman–Crippen MR) is 67.7 cm³/mol. The maximum atomic E-state index is 9.25. The van der Waals surface area contributed by atoms with E-state index in [1.54, 1.807) is 0 Å². The lowest BCUT2D eigenvalue weighted by atomic mass is 9.82. The van der Waals surface area contributed by atoms with E-state index in [0.717, 1.165) is 30.9 Å². The van der Waals surface area contributed by atoms with Gasteiger partial charge in [0.15, 0.2) is 11.5 Å². The van der Waals surface area contributed by atoms with E-state index in [2.05, 4.69) is 18.3 Å². The Hall–Kier alpha value is -1.26. The molecule has 0 aromatic heterocycles. The summed E-state index contributed by atoms with van der Waals surface area (Å²) < 4.78 is 10.7. The molecule has 1 fully saturated rings. The number of hydrogen-bond donors (Lipinski definition) is 2. The van der Waals surface area contributed by atoms with E-state index in [-0.39, 0.29) is 12.1 Å². The number of rotatable bonds is 4. The van der Waals surface area contributed by atoms with Crippen LogP contribution in [0.25, 0.3) is 0 Å². The Morgan fingerprint density at radius 3 is 2.89 bits per heavy atom. The Morgan fingerprint density at radius 1 is 1.33 bits per heavy atom. The molecule has 1 aromatic carbocycles. The minimum Gasteiger partial charge on any atom is -0.454 e. The summed E-state index contributed by atoms with van der Waals surface area (Å²) in [7, 11) is 0. The van der Waals surface area contributed by atoms with Gasteiger partial charge in [-0.15, -0.1) is 0 Å². The fraction of sp³-hybridized carbons (Fsp3) is 0.571.